The normalized spacial score (nSPS) is 15.6. The first-order valence-electron chi connectivity index (χ1n) is 5.68. The van der Waals surface area contributed by atoms with E-state index in [2.05, 4.69) is 0 Å². The third-order valence-electron chi connectivity index (χ3n) is 2.56. The zero-order chi connectivity index (χ0) is 12.7. The zero-order valence-corrected chi connectivity index (χ0v) is 9.68. The molecule has 0 aromatic rings. The summed E-state index contributed by atoms with van der Waals surface area (Å²) < 4.78 is 5.10. The fourth-order valence-corrected chi connectivity index (χ4v) is 1.62. The Morgan fingerprint density at radius 2 is 1.76 bits per heavy atom. The second-order valence-electron chi connectivity index (χ2n) is 3.96. The van der Waals surface area contributed by atoms with Crippen LogP contribution in [0.4, 0.5) is 0 Å². The average Bonchev–Trinajstić information content (AvgIpc) is 2.29. The van der Waals surface area contributed by atoms with Gasteiger partial charge in [-0.3, -0.25) is 14.4 Å². The van der Waals surface area contributed by atoms with Gasteiger partial charge in [0.05, 0.1) is 19.6 Å². The molecule has 1 saturated heterocycles. The highest BCUT2D eigenvalue weighted by atomic mass is 16.5. The molecule has 1 N–H and O–H groups in total. The van der Waals surface area contributed by atoms with Crippen molar-refractivity contribution in [3.8, 4) is 0 Å². The summed E-state index contributed by atoms with van der Waals surface area (Å²) >= 11 is 0. The second-order valence-corrected chi connectivity index (χ2v) is 3.96. The monoisotopic (exact) mass is 243 g/mol. The number of carbonyl (C=O) groups is 3. The number of ether oxygens (including phenoxy) is 1. The summed E-state index contributed by atoms with van der Waals surface area (Å²) in [4.78, 5) is 34.9. The van der Waals surface area contributed by atoms with Crippen LogP contribution in [0.15, 0.2) is 0 Å². The number of Topliss-reactive ketones (excluding diaryl/α,β-unsaturated/α-hetero) is 1. The van der Waals surface area contributed by atoms with Crippen molar-refractivity contribution in [2.45, 2.75) is 25.7 Å². The number of rotatable bonds is 6. The maximum atomic E-state index is 11.6. The number of carboxylic acid groups (broad SMARTS) is 1. The van der Waals surface area contributed by atoms with Crippen LogP contribution in [0.25, 0.3) is 0 Å². The minimum absolute atomic E-state index is 0.0303. The van der Waals surface area contributed by atoms with Crippen molar-refractivity contribution in [1.82, 2.24) is 4.90 Å². The molecule has 1 rings (SSSR count). The molecule has 0 radical (unpaired) electrons. The first-order valence-corrected chi connectivity index (χ1v) is 5.68. The Morgan fingerprint density at radius 3 is 2.35 bits per heavy atom. The van der Waals surface area contributed by atoms with Crippen LogP contribution >= 0.6 is 0 Å². The largest absolute Gasteiger partial charge is 0.481 e. The SMILES string of the molecule is O=C(O)CCCC(=O)CC(=O)N1CCOCC1. The van der Waals surface area contributed by atoms with Gasteiger partial charge in [0.15, 0.2) is 0 Å². The number of amides is 1. The fourth-order valence-electron chi connectivity index (χ4n) is 1.62. The van der Waals surface area contributed by atoms with Crippen LogP contribution in [0.2, 0.25) is 0 Å². The Kier molecular flexibility index (Phi) is 5.62. The maximum Gasteiger partial charge on any atom is 0.303 e. The van der Waals surface area contributed by atoms with Crippen LogP contribution in [0, 0.1) is 0 Å². The summed E-state index contributed by atoms with van der Waals surface area (Å²) in [6.07, 6.45) is 0.296. The smallest absolute Gasteiger partial charge is 0.303 e. The Balaban J connectivity index is 2.20. The minimum Gasteiger partial charge on any atom is -0.481 e. The lowest BCUT2D eigenvalue weighted by atomic mass is 10.1. The average molecular weight is 243 g/mol. The van der Waals surface area contributed by atoms with E-state index in [4.69, 9.17) is 9.84 Å². The lowest BCUT2D eigenvalue weighted by Gasteiger charge is -2.26. The van der Waals surface area contributed by atoms with Gasteiger partial charge < -0.3 is 14.7 Å². The van der Waals surface area contributed by atoms with Crippen LogP contribution in [0.3, 0.4) is 0 Å². The maximum absolute atomic E-state index is 11.6. The van der Waals surface area contributed by atoms with E-state index in [9.17, 15) is 14.4 Å². The molecule has 0 atom stereocenters. The molecule has 17 heavy (non-hydrogen) atoms. The van der Waals surface area contributed by atoms with E-state index in [1.165, 1.54) is 0 Å². The van der Waals surface area contributed by atoms with Crippen molar-refractivity contribution in [2.75, 3.05) is 26.3 Å². The number of morpholine rings is 1. The van der Waals surface area contributed by atoms with Gasteiger partial charge in [-0.2, -0.15) is 0 Å². The summed E-state index contributed by atoms with van der Waals surface area (Å²) in [7, 11) is 0. The van der Waals surface area contributed by atoms with Crippen LogP contribution in [0.5, 0.6) is 0 Å². The molecule has 1 heterocycles. The van der Waals surface area contributed by atoms with E-state index in [0.29, 0.717) is 32.7 Å². The fraction of sp³-hybridized carbons (Fsp3) is 0.727. The van der Waals surface area contributed by atoms with Gasteiger partial charge in [-0.1, -0.05) is 0 Å². The van der Waals surface area contributed by atoms with Crippen LogP contribution in [0.1, 0.15) is 25.7 Å². The molecule has 96 valence electrons. The quantitative estimate of drug-likeness (QED) is 0.667. The van der Waals surface area contributed by atoms with Crippen molar-refractivity contribution in [3.05, 3.63) is 0 Å². The van der Waals surface area contributed by atoms with Crippen LogP contribution < -0.4 is 0 Å². The third kappa shape index (κ3) is 5.44. The number of hydrogen-bond acceptors (Lipinski definition) is 4. The predicted molar refractivity (Wildman–Crippen MR) is 58.5 cm³/mol. The predicted octanol–water partition coefficient (Wildman–Crippen LogP) is 0.0593. The van der Waals surface area contributed by atoms with E-state index in [1.54, 1.807) is 4.90 Å². The Hall–Kier alpha value is -1.43. The highest BCUT2D eigenvalue weighted by Crippen LogP contribution is 2.04. The number of carbonyl (C=O) groups excluding carboxylic acids is 2. The number of ketones is 1. The van der Waals surface area contributed by atoms with Gasteiger partial charge in [0.25, 0.3) is 0 Å². The molecule has 1 aliphatic rings. The first kappa shape index (κ1) is 13.6. The van der Waals surface area contributed by atoms with Crippen LogP contribution in [-0.4, -0.2) is 54.0 Å². The molecular formula is C11H17NO5. The molecule has 0 spiro atoms. The summed E-state index contributed by atoms with van der Waals surface area (Å²) in [5, 5.41) is 8.41. The van der Waals surface area contributed by atoms with Crippen molar-refractivity contribution >= 4 is 17.7 Å². The Morgan fingerprint density at radius 1 is 1.12 bits per heavy atom. The molecular weight excluding hydrogens is 226 g/mol. The van der Waals surface area contributed by atoms with Gasteiger partial charge in [-0.25, -0.2) is 0 Å². The van der Waals surface area contributed by atoms with E-state index in [-0.39, 0.29) is 31.0 Å². The van der Waals surface area contributed by atoms with E-state index < -0.39 is 5.97 Å². The number of aliphatic carboxylic acids is 1. The highest BCUT2D eigenvalue weighted by molar-refractivity contribution is 5.98. The summed E-state index contributed by atoms with van der Waals surface area (Å²) in [6.45, 7) is 2.08. The molecule has 6 nitrogen and oxygen atoms in total. The van der Waals surface area contributed by atoms with Gasteiger partial charge in [0.1, 0.15) is 5.78 Å². The van der Waals surface area contributed by atoms with E-state index >= 15 is 0 Å². The molecule has 0 unspecified atom stereocenters. The number of carboxylic acids is 1. The standard InChI is InChI=1S/C11H17NO5/c13-9(2-1-3-11(15)16)8-10(14)12-4-6-17-7-5-12/h1-8H2,(H,15,16). The molecule has 1 amide bonds. The molecule has 0 saturated carbocycles. The van der Waals surface area contributed by atoms with Gasteiger partial charge in [-0.15, -0.1) is 0 Å². The van der Waals surface area contributed by atoms with E-state index in [0.717, 1.165) is 0 Å². The van der Waals surface area contributed by atoms with Crippen molar-refractivity contribution in [3.63, 3.8) is 0 Å². The summed E-state index contributed by atoms with van der Waals surface area (Å²) in [6, 6.07) is 0. The molecule has 0 aliphatic carbocycles. The van der Waals surface area contributed by atoms with Gasteiger partial charge in [0.2, 0.25) is 5.91 Å². The number of hydrogen-bond donors (Lipinski definition) is 1. The highest BCUT2D eigenvalue weighted by Gasteiger charge is 2.19. The van der Waals surface area contributed by atoms with Crippen molar-refractivity contribution < 1.29 is 24.2 Å². The lowest BCUT2D eigenvalue weighted by Crippen LogP contribution is -2.41. The van der Waals surface area contributed by atoms with E-state index in [1.807, 2.05) is 0 Å². The second kappa shape index (κ2) is 7.01. The third-order valence-corrected chi connectivity index (χ3v) is 2.56. The van der Waals surface area contributed by atoms with Crippen LogP contribution in [-0.2, 0) is 19.1 Å². The number of nitrogens with zero attached hydrogens (tertiary/aromatic N) is 1. The summed E-state index contributed by atoms with van der Waals surface area (Å²) in [5.41, 5.74) is 0. The molecule has 0 bridgehead atoms. The van der Waals surface area contributed by atoms with Gasteiger partial charge >= 0.3 is 5.97 Å². The summed E-state index contributed by atoms with van der Waals surface area (Å²) in [5.74, 6) is -1.30. The Bertz CT molecular complexity index is 296. The molecule has 0 aromatic heterocycles. The topological polar surface area (TPSA) is 83.9 Å². The van der Waals surface area contributed by atoms with Gasteiger partial charge in [0, 0.05) is 25.9 Å². The molecule has 1 fully saturated rings. The van der Waals surface area contributed by atoms with Crippen molar-refractivity contribution in [2.24, 2.45) is 0 Å². The Labute approximate surface area is 99.5 Å². The van der Waals surface area contributed by atoms with Crippen molar-refractivity contribution in [1.29, 1.82) is 0 Å². The lowest BCUT2D eigenvalue weighted by molar-refractivity contribution is -0.138. The molecule has 0 aromatic carbocycles. The van der Waals surface area contributed by atoms with Gasteiger partial charge in [-0.05, 0) is 6.42 Å². The first-order chi connectivity index (χ1) is 8.09. The minimum atomic E-state index is -0.919. The zero-order valence-electron chi connectivity index (χ0n) is 9.68. The molecule has 6 heteroatoms. The molecule has 1 aliphatic heterocycles.